The molecule has 0 aromatic carbocycles. The summed E-state index contributed by atoms with van der Waals surface area (Å²) in [7, 11) is 4.01. The fourth-order valence-corrected chi connectivity index (χ4v) is 15.4. The summed E-state index contributed by atoms with van der Waals surface area (Å²) in [6.07, 6.45) is 5.21. The summed E-state index contributed by atoms with van der Waals surface area (Å²) in [5, 5.41) is 34.0. The van der Waals surface area contributed by atoms with Crippen LogP contribution in [0.3, 0.4) is 0 Å². The van der Waals surface area contributed by atoms with Gasteiger partial charge in [-0.15, -0.1) is 79.4 Å². The molecule has 0 spiro atoms. The number of hydrogen-bond acceptors (Lipinski definition) is 27. The third kappa shape index (κ3) is 14.1. The Morgan fingerprint density at radius 2 is 1.30 bits per heavy atom. The number of aliphatic carboxylic acids is 1. The number of carboxylic acid groups (broad SMARTS) is 1. The van der Waals surface area contributed by atoms with E-state index in [4.69, 9.17) is 69.7 Å². The van der Waals surface area contributed by atoms with Crippen molar-refractivity contribution in [3.05, 3.63) is 76.8 Å². The molecule has 34 heteroatoms. The molecule has 11 heterocycles. The fourth-order valence-electron chi connectivity index (χ4n) is 9.38. The minimum atomic E-state index is -1.19. The standard InChI is InChI=1S/C55H56N18O9S7/c1-7-24(2)39(69-43(78)40-25(3)82-46(70-40)41-26(4)81-45(71-41)30-19-84-47(63-30)27-16-80-44(61-27)29-18-88-52(64-29)35(72(5)6)10-8-12-58-55(56)57)54(79)73-13-9-11-36(73)53-68-34(23-89-53)51-67-33(22-87-51)50-66-32(21-86-50)49-65-31(20-85-49)48-62-28(17-83-48)42(77)60-14-37(74)59-15-38(75)76/h16-24,35-36,39H,7-15H2,1-6H3,(H,59,74)(H,60,77)(H,69,78)(H,75,76)(H4,56,57,58)/t24-,35-,36-,39-/m0/s1. The van der Waals surface area contributed by atoms with E-state index in [0.717, 1.165) is 29.3 Å². The highest BCUT2D eigenvalue weighted by Crippen LogP contribution is 2.41. The van der Waals surface area contributed by atoms with Gasteiger partial charge in [-0.3, -0.25) is 29.0 Å². The van der Waals surface area contributed by atoms with Crippen LogP contribution < -0.4 is 27.4 Å². The third-order valence-electron chi connectivity index (χ3n) is 14.1. The first kappa shape index (κ1) is 62.2. The van der Waals surface area contributed by atoms with Crippen molar-refractivity contribution < 1.29 is 42.3 Å². The maximum absolute atomic E-state index is 14.7. The number of nitrogens with zero attached hydrogens (tertiary/aromatic N) is 13. The molecule has 462 valence electrons. The van der Waals surface area contributed by atoms with Gasteiger partial charge in [0, 0.05) is 50.7 Å². The Morgan fingerprint density at radius 1 is 0.697 bits per heavy atom. The van der Waals surface area contributed by atoms with Gasteiger partial charge in [-0.25, -0.2) is 49.8 Å². The van der Waals surface area contributed by atoms with Crippen LogP contribution in [0.15, 0.2) is 62.2 Å². The van der Waals surface area contributed by atoms with E-state index in [1.165, 1.54) is 85.6 Å². The van der Waals surface area contributed by atoms with Crippen molar-refractivity contribution in [3.63, 3.8) is 0 Å². The van der Waals surface area contributed by atoms with E-state index in [-0.39, 0.29) is 58.8 Å². The van der Waals surface area contributed by atoms with Gasteiger partial charge in [0.05, 0.1) is 18.6 Å². The molecule has 27 nitrogen and oxygen atoms in total. The Kier molecular flexibility index (Phi) is 19.0. The molecule has 0 radical (unpaired) electrons. The van der Waals surface area contributed by atoms with Crippen LogP contribution >= 0.6 is 79.4 Å². The van der Waals surface area contributed by atoms with Crippen molar-refractivity contribution in [2.45, 2.75) is 77.9 Å². The fraction of sp³-hybridized carbons (Fsp3) is 0.345. The van der Waals surface area contributed by atoms with E-state index in [2.05, 4.69) is 35.8 Å². The van der Waals surface area contributed by atoms with Crippen molar-refractivity contribution >= 4 is 115 Å². The quantitative estimate of drug-likeness (QED) is 0.0177. The van der Waals surface area contributed by atoms with Crippen molar-refractivity contribution in [1.82, 2.24) is 75.6 Å². The SMILES string of the molecule is CC[C@H](C)[C@H](NC(=O)c1nc(-c2nc(-c3csc(-c4coc(-c5csc([C@H](CCCN=C(N)N)N(C)C)n5)n4)n3)oc2C)oc1C)C(=O)N1CCC[C@H]1c1nc(-c2nc(-c3nc(-c4nc(-c5nc(C(=O)NCC(=O)NCC(=O)O)cs5)cs4)cs3)cs2)cs1. The highest BCUT2D eigenvalue weighted by atomic mass is 32.1. The van der Waals surface area contributed by atoms with Crippen LogP contribution in [0, 0.1) is 19.8 Å². The number of likely N-dealkylation sites (tertiary alicyclic amines) is 1. The number of carbonyl (C=O) groups excluding carboxylic acids is 4. The Morgan fingerprint density at radius 3 is 1.98 bits per heavy atom. The molecule has 4 atom stereocenters. The number of nitrogens with two attached hydrogens (primary N) is 2. The summed E-state index contributed by atoms with van der Waals surface area (Å²) in [6, 6.07) is -1.12. The van der Waals surface area contributed by atoms with Crippen LogP contribution in [0.2, 0.25) is 0 Å². The molecular formula is C55H56N18O9S7. The minimum absolute atomic E-state index is 0.0162. The lowest BCUT2D eigenvalue weighted by molar-refractivity contribution is -0.137. The maximum atomic E-state index is 14.7. The summed E-state index contributed by atoms with van der Waals surface area (Å²) in [5.74, 6) is -2.06. The lowest BCUT2D eigenvalue weighted by atomic mass is 9.97. The Labute approximate surface area is 534 Å². The molecule has 8 N–H and O–H groups in total. The second-order valence-electron chi connectivity index (χ2n) is 20.5. The van der Waals surface area contributed by atoms with Gasteiger partial charge in [0.25, 0.3) is 11.8 Å². The van der Waals surface area contributed by atoms with Gasteiger partial charge in [-0.1, -0.05) is 20.3 Å². The second kappa shape index (κ2) is 27.2. The van der Waals surface area contributed by atoms with E-state index in [0.29, 0.717) is 108 Å². The van der Waals surface area contributed by atoms with Gasteiger partial charge in [0.15, 0.2) is 17.3 Å². The molecule has 1 aliphatic rings. The lowest BCUT2D eigenvalue weighted by Crippen LogP contribution is -2.51. The van der Waals surface area contributed by atoms with Crippen LogP contribution in [-0.4, -0.2) is 147 Å². The van der Waals surface area contributed by atoms with Gasteiger partial charge >= 0.3 is 5.97 Å². The first-order valence-electron chi connectivity index (χ1n) is 27.6. The number of aromatic nitrogens is 10. The monoisotopic (exact) mass is 1340 g/mol. The first-order valence-corrected chi connectivity index (χ1v) is 33.7. The van der Waals surface area contributed by atoms with Crippen LogP contribution in [0.4, 0.5) is 0 Å². The number of amides is 4. The number of rotatable bonds is 25. The summed E-state index contributed by atoms with van der Waals surface area (Å²) in [5.41, 5.74) is 15.6. The van der Waals surface area contributed by atoms with E-state index < -0.39 is 42.8 Å². The molecule has 0 unspecified atom stereocenters. The van der Waals surface area contributed by atoms with Crippen LogP contribution in [0.5, 0.6) is 0 Å². The molecule has 0 aliphatic carbocycles. The number of aryl methyl sites for hydroxylation is 2. The molecule has 0 bridgehead atoms. The van der Waals surface area contributed by atoms with Gasteiger partial charge in [-0.05, 0) is 59.5 Å². The third-order valence-corrected chi connectivity index (χ3v) is 20.3. The predicted molar refractivity (Wildman–Crippen MR) is 339 cm³/mol. The van der Waals surface area contributed by atoms with E-state index >= 15 is 0 Å². The first-order chi connectivity index (χ1) is 42.9. The average molecular weight is 1340 g/mol. The molecule has 4 amide bonds. The topological polar surface area (TPSA) is 381 Å². The van der Waals surface area contributed by atoms with Crippen LogP contribution in [0.1, 0.15) is 101 Å². The number of nitrogens with one attached hydrogen (secondary N) is 3. The number of thiazole rings is 7. The van der Waals surface area contributed by atoms with Gasteiger partial charge in [0.1, 0.15) is 111 Å². The zero-order chi connectivity index (χ0) is 62.6. The maximum Gasteiger partial charge on any atom is 0.322 e. The van der Waals surface area contributed by atoms with E-state index in [9.17, 15) is 24.0 Å². The number of carbonyl (C=O) groups is 5. The molecule has 1 saturated heterocycles. The van der Waals surface area contributed by atoms with E-state index in [1.54, 1.807) is 24.6 Å². The van der Waals surface area contributed by atoms with Crippen molar-refractivity contribution in [2.75, 3.05) is 40.3 Å². The average Bonchev–Trinajstić information content (AvgIpc) is 1.87. The van der Waals surface area contributed by atoms with Crippen LogP contribution in [0.25, 0.3) is 88.3 Å². The second-order valence-corrected chi connectivity index (χ2v) is 26.6. The molecule has 10 aromatic rings. The van der Waals surface area contributed by atoms with Gasteiger partial charge in [-0.2, -0.15) is 0 Å². The summed E-state index contributed by atoms with van der Waals surface area (Å²) >= 11 is 9.79. The molecular weight excluding hydrogens is 1280 g/mol. The van der Waals surface area contributed by atoms with Crippen LogP contribution in [-0.2, 0) is 14.4 Å². The Bertz CT molecular complexity index is 4230. The van der Waals surface area contributed by atoms with Crippen molar-refractivity contribution in [3.8, 4) is 88.3 Å². The van der Waals surface area contributed by atoms with Crippen molar-refractivity contribution in [1.29, 1.82) is 0 Å². The summed E-state index contributed by atoms with van der Waals surface area (Å²) in [4.78, 5) is 120. The molecule has 1 fully saturated rings. The van der Waals surface area contributed by atoms with Crippen molar-refractivity contribution in [2.24, 2.45) is 22.4 Å². The predicted octanol–water partition coefficient (Wildman–Crippen LogP) is 8.89. The highest BCUT2D eigenvalue weighted by Gasteiger charge is 2.39. The number of guanidine groups is 1. The normalized spacial score (nSPS) is 14.3. The molecule has 0 saturated carbocycles. The number of carboxylic acids is 1. The zero-order valence-electron chi connectivity index (χ0n) is 48.3. The summed E-state index contributed by atoms with van der Waals surface area (Å²) in [6.45, 7) is 7.35. The molecule has 10 aromatic heterocycles. The number of hydrogen-bond donors (Lipinski definition) is 6. The summed E-state index contributed by atoms with van der Waals surface area (Å²) < 4.78 is 18.0. The highest BCUT2D eigenvalue weighted by molar-refractivity contribution is 7.17. The lowest BCUT2D eigenvalue weighted by Gasteiger charge is -2.31. The number of oxazole rings is 3. The minimum Gasteiger partial charge on any atom is -0.480 e. The van der Waals surface area contributed by atoms with Gasteiger partial charge < -0.3 is 55.6 Å². The van der Waals surface area contributed by atoms with Gasteiger partial charge in [0.2, 0.25) is 29.5 Å². The molecule has 11 rings (SSSR count). The zero-order valence-corrected chi connectivity index (χ0v) is 54.0. The number of aliphatic imine (C=N–C) groups is 1. The largest absolute Gasteiger partial charge is 0.480 e. The smallest absolute Gasteiger partial charge is 0.322 e. The molecule has 1 aliphatic heterocycles. The Balaban J connectivity index is 0.708. The Hall–Kier alpha value is -8.38. The van der Waals surface area contributed by atoms with E-state index in [1.807, 2.05) is 59.7 Å². The molecule has 89 heavy (non-hydrogen) atoms.